The van der Waals surface area contributed by atoms with Crippen molar-refractivity contribution in [1.29, 1.82) is 0 Å². The minimum absolute atomic E-state index is 0.696. The van der Waals surface area contributed by atoms with Crippen molar-refractivity contribution >= 4 is 5.69 Å². The van der Waals surface area contributed by atoms with Gasteiger partial charge in [-0.15, -0.1) is 0 Å². The maximum absolute atomic E-state index is 5.57. The molecule has 2 N–H and O–H groups in total. The number of nitrogens with zero attached hydrogens (tertiary/aromatic N) is 1. The highest BCUT2D eigenvalue weighted by Crippen LogP contribution is 2.26. The fourth-order valence-electron chi connectivity index (χ4n) is 1.50. The van der Waals surface area contributed by atoms with E-state index in [4.69, 9.17) is 10.5 Å². The summed E-state index contributed by atoms with van der Waals surface area (Å²) in [5.41, 5.74) is 6.63. The fraction of sp³-hybridized carbons (Fsp3) is 0.500. The topological polar surface area (TPSA) is 38.5 Å². The SMILES string of the molecule is CCOc1ccccc1N(C)CCCN. The first-order valence-electron chi connectivity index (χ1n) is 5.42. The highest BCUT2D eigenvalue weighted by molar-refractivity contribution is 5.57. The molecule has 0 aromatic heterocycles. The molecule has 1 aromatic rings. The molecule has 0 aliphatic carbocycles. The molecule has 0 saturated carbocycles. The zero-order valence-electron chi connectivity index (χ0n) is 9.57. The Morgan fingerprint density at radius 3 is 2.73 bits per heavy atom. The molecule has 0 radical (unpaired) electrons. The number of anilines is 1. The van der Waals surface area contributed by atoms with Gasteiger partial charge in [0, 0.05) is 13.6 Å². The Kier molecular flexibility index (Phi) is 4.98. The second-order valence-corrected chi connectivity index (χ2v) is 3.46. The van der Waals surface area contributed by atoms with Gasteiger partial charge >= 0.3 is 0 Å². The molecule has 0 unspecified atom stereocenters. The van der Waals surface area contributed by atoms with Crippen molar-refractivity contribution in [2.45, 2.75) is 13.3 Å². The highest BCUT2D eigenvalue weighted by Gasteiger charge is 2.06. The largest absolute Gasteiger partial charge is 0.492 e. The Balaban J connectivity index is 2.72. The first-order chi connectivity index (χ1) is 7.29. The Hall–Kier alpha value is -1.22. The lowest BCUT2D eigenvalue weighted by Crippen LogP contribution is -2.21. The predicted molar refractivity (Wildman–Crippen MR) is 64.6 cm³/mol. The van der Waals surface area contributed by atoms with E-state index in [0.717, 1.165) is 30.9 Å². The molecule has 0 saturated heterocycles. The lowest BCUT2D eigenvalue weighted by atomic mass is 10.2. The van der Waals surface area contributed by atoms with Gasteiger partial charge in [-0.2, -0.15) is 0 Å². The van der Waals surface area contributed by atoms with Crippen molar-refractivity contribution in [1.82, 2.24) is 0 Å². The van der Waals surface area contributed by atoms with Crippen molar-refractivity contribution in [3.63, 3.8) is 0 Å². The molecule has 0 atom stereocenters. The Bertz CT molecular complexity index is 289. The molecular formula is C12H20N2O. The van der Waals surface area contributed by atoms with Gasteiger partial charge in [-0.3, -0.25) is 0 Å². The summed E-state index contributed by atoms with van der Waals surface area (Å²) in [6, 6.07) is 8.08. The smallest absolute Gasteiger partial charge is 0.142 e. The Morgan fingerprint density at radius 2 is 2.07 bits per heavy atom. The van der Waals surface area contributed by atoms with Gasteiger partial charge < -0.3 is 15.4 Å². The summed E-state index contributed by atoms with van der Waals surface area (Å²) in [4.78, 5) is 2.18. The van der Waals surface area contributed by atoms with E-state index in [0.29, 0.717) is 6.61 Å². The van der Waals surface area contributed by atoms with E-state index in [1.807, 2.05) is 25.1 Å². The Morgan fingerprint density at radius 1 is 1.33 bits per heavy atom. The van der Waals surface area contributed by atoms with E-state index >= 15 is 0 Å². The third-order valence-corrected chi connectivity index (χ3v) is 2.27. The zero-order valence-corrected chi connectivity index (χ0v) is 9.57. The van der Waals surface area contributed by atoms with Crippen LogP contribution in [-0.2, 0) is 0 Å². The zero-order chi connectivity index (χ0) is 11.1. The van der Waals surface area contributed by atoms with Gasteiger partial charge in [0.15, 0.2) is 0 Å². The van der Waals surface area contributed by atoms with Crippen molar-refractivity contribution in [3.05, 3.63) is 24.3 Å². The van der Waals surface area contributed by atoms with Gasteiger partial charge in [0.2, 0.25) is 0 Å². The van der Waals surface area contributed by atoms with Crippen LogP contribution in [0.4, 0.5) is 5.69 Å². The maximum Gasteiger partial charge on any atom is 0.142 e. The van der Waals surface area contributed by atoms with Crippen molar-refractivity contribution in [2.75, 3.05) is 31.6 Å². The van der Waals surface area contributed by atoms with Crippen LogP contribution in [0.2, 0.25) is 0 Å². The van der Waals surface area contributed by atoms with Crippen LogP contribution in [0.15, 0.2) is 24.3 Å². The number of benzene rings is 1. The van der Waals surface area contributed by atoms with E-state index in [-0.39, 0.29) is 0 Å². The lowest BCUT2D eigenvalue weighted by Gasteiger charge is -2.21. The fourth-order valence-corrected chi connectivity index (χ4v) is 1.50. The number of hydrogen-bond acceptors (Lipinski definition) is 3. The Labute approximate surface area is 91.8 Å². The van der Waals surface area contributed by atoms with Crippen LogP contribution in [0.1, 0.15) is 13.3 Å². The summed E-state index contributed by atoms with van der Waals surface area (Å²) in [7, 11) is 2.06. The third kappa shape index (κ3) is 3.44. The molecule has 3 heteroatoms. The molecule has 0 heterocycles. The first-order valence-corrected chi connectivity index (χ1v) is 5.42. The van der Waals surface area contributed by atoms with Gasteiger partial charge in [-0.05, 0) is 32.0 Å². The van der Waals surface area contributed by atoms with E-state index in [2.05, 4.69) is 18.0 Å². The van der Waals surface area contributed by atoms with Crippen LogP contribution >= 0.6 is 0 Å². The number of nitrogens with two attached hydrogens (primary N) is 1. The molecule has 0 bridgehead atoms. The standard InChI is InChI=1S/C12H20N2O/c1-3-15-12-8-5-4-7-11(12)14(2)10-6-9-13/h4-5,7-8H,3,6,9-10,13H2,1-2H3. The lowest BCUT2D eigenvalue weighted by molar-refractivity contribution is 0.340. The summed E-state index contributed by atoms with van der Waals surface area (Å²) in [5.74, 6) is 0.944. The summed E-state index contributed by atoms with van der Waals surface area (Å²) in [6.45, 7) is 4.38. The first kappa shape index (κ1) is 11.9. The molecule has 1 rings (SSSR count). The average molecular weight is 208 g/mol. The normalized spacial score (nSPS) is 10.1. The van der Waals surface area contributed by atoms with Crippen LogP contribution < -0.4 is 15.4 Å². The number of hydrogen-bond donors (Lipinski definition) is 1. The summed E-state index contributed by atoms with van der Waals surface area (Å²) in [6.07, 6.45) is 0.997. The van der Waals surface area contributed by atoms with Crippen LogP contribution in [0.5, 0.6) is 5.75 Å². The van der Waals surface area contributed by atoms with Gasteiger partial charge in [0.25, 0.3) is 0 Å². The molecule has 15 heavy (non-hydrogen) atoms. The molecule has 0 spiro atoms. The van der Waals surface area contributed by atoms with E-state index < -0.39 is 0 Å². The summed E-state index contributed by atoms with van der Waals surface area (Å²) in [5, 5.41) is 0. The molecule has 0 amide bonds. The number of ether oxygens (including phenoxy) is 1. The predicted octanol–water partition coefficient (Wildman–Crippen LogP) is 1.87. The maximum atomic E-state index is 5.57. The summed E-state index contributed by atoms with van der Waals surface area (Å²) >= 11 is 0. The van der Waals surface area contributed by atoms with Gasteiger partial charge in [0.05, 0.1) is 12.3 Å². The van der Waals surface area contributed by atoms with Gasteiger partial charge in [0.1, 0.15) is 5.75 Å². The second kappa shape index (κ2) is 6.30. The van der Waals surface area contributed by atoms with Gasteiger partial charge in [-0.25, -0.2) is 0 Å². The second-order valence-electron chi connectivity index (χ2n) is 3.46. The quantitative estimate of drug-likeness (QED) is 0.775. The molecule has 1 aromatic carbocycles. The highest BCUT2D eigenvalue weighted by atomic mass is 16.5. The van der Waals surface area contributed by atoms with Crippen molar-refractivity contribution in [3.8, 4) is 5.75 Å². The molecular weight excluding hydrogens is 188 g/mol. The van der Waals surface area contributed by atoms with Crippen LogP contribution in [0.3, 0.4) is 0 Å². The monoisotopic (exact) mass is 208 g/mol. The van der Waals surface area contributed by atoms with Crippen LogP contribution in [0.25, 0.3) is 0 Å². The molecule has 3 nitrogen and oxygen atoms in total. The minimum Gasteiger partial charge on any atom is -0.492 e. The third-order valence-electron chi connectivity index (χ3n) is 2.27. The van der Waals surface area contributed by atoms with Crippen LogP contribution in [-0.4, -0.2) is 26.7 Å². The molecule has 84 valence electrons. The van der Waals surface area contributed by atoms with Crippen molar-refractivity contribution in [2.24, 2.45) is 5.73 Å². The van der Waals surface area contributed by atoms with E-state index in [1.165, 1.54) is 0 Å². The number of para-hydroxylation sites is 2. The molecule has 0 aliphatic heterocycles. The minimum atomic E-state index is 0.696. The molecule has 0 aliphatic rings. The van der Waals surface area contributed by atoms with E-state index in [1.54, 1.807) is 0 Å². The molecule has 0 fully saturated rings. The van der Waals surface area contributed by atoms with Crippen molar-refractivity contribution < 1.29 is 4.74 Å². The average Bonchev–Trinajstić information content (AvgIpc) is 2.27. The van der Waals surface area contributed by atoms with Gasteiger partial charge in [-0.1, -0.05) is 12.1 Å². The van der Waals surface area contributed by atoms with Crippen LogP contribution in [0, 0.1) is 0 Å². The summed E-state index contributed by atoms with van der Waals surface area (Å²) < 4.78 is 5.57. The number of rotatable bonds is 6. The van der Waals surface area contributed by atoms with E-state index in [9.17, 15) is 0 Å².